The van der Waals surface area contributed by atoms with E-state index in [1.165, 1.54) is 7.11 Å². The molecule has 21 heavy (non-hydrogen) atoms. The normalized spacial score (nSPS) is 36.3. The van der Waals surface area contributed by atoms with E-state index >= 15 is 0 Å². The molecule has 0 N–H and O–H groups in total. The summed E-state index contributed by atoms with van der Waals surface area (Å²) in [6, 6.07) is 3.98. The van der Waals surface area contributed by atoms with E-state index in [-0.39, 0.29) is 18.0 Å². The molecular formula is C15H15NO4S. The van der Waals surface area contributed by atoms with Crippen molar-refractivity contribution in [3.63, 3.8) is 0 Å². The number of fused-ring (bicyclic) bond motifs is 1. The fourth-order valence-electron chi connectivity index (χ4n) is 3.71. The van der Waals surface area contributed by atoms with E-state index in [4.69, 9.17) is 9.47 Å². The van der Waals surface area contributed by atoms with Gasteiger partial charge in [-0.2, -0.15) is 0 Å². The van der Waals surface area contributed by atoms with Crippen molar-refractivity contribution in [2.24, 2.45) is 11.8 Å². The van der Waals surface area contributed by atoms with Gasteiger partial charge in [0, 0.05) is 4.88 Å². The molecule has 1 unspecified atom stereocenters. The first kappa shape index (κ1) is 13.0. The fourth-order valence-corrected chi connectivity index (χ4v) is 4.43. The van der Waals surface area contributed by atoms with Crippen molar-refractivity contribution in [1.82, 2.24) is 4.90 Å². The number of likely N-dealkylation sites (tertiary alicyclic amines) is 1. The number of nitrogens with zero attached hydrogens (tertiary/aromatic N) is 1. The van der Waals surface area contributed by atoms with E-state index in [0.29, 0.717) is 13.1 Å². The van der Waals surface area contributed by atoms with Crippen LogP contribution in [0.3, 0.4) is 0 Å². The van der Waals surface area contributed by atoms with Gasteiger partial charge in [-0.3, -0.25) is 9.59 Å². The highest BCUT2D eigenvalue weighted by atomic mass is 32.1. The molecule has 0 aromatic carbocycles. The molecule has 1 aromatic rings. The molecule has 2 bridgehead atoms. The second-order valence-corrected chi connectivity index (χ2v) is 6.73. The van der Waals surface area contributed by atoms with Crippen LogP contribution in [0.25, 0.3) is 0 Å². The van der Waals surface area contributed by atoms with Crippen LogP contribution in [-0.4, -0.2) is 42.1 Å². The highest BCUT2D eigenvalue weighted by Crippen LogP contribution is 2.52. The third-order valence-electron chi connectivity index (χ3n) is 4.58. The molecule has 2 fully saturated rings. The minimum Gasteiger partial charge on any atom is -0.469 e. The monoisotopic (exact) mass is 305 g/mol. The third kappa shape index (κ3) is 1.72. The molecule has 3 aliphatic rings. The molecule has 1 amide bonds. The van der Waals surface area contributed by atoms with Crippen LogP contribution in [0.1, 0.15) is 4.88 Å². The van der Waals surface area contributed by atoms with Crippen LogP contribution in [-0.2, 0) is 25.6 Å². The fraction of sp³-hybridized carbons (Fsp3) is 0.467. The van der Waals surface area contributed by atoms with Crippen molar-refractivity contribution in [2.45, 2.75) is 18.2 Å². The summed E-state index contributed by atoms with van der Waals surface area (Å²) < 4.78 is 10.8. The van der Waals surface area contributed by atoms with E-state index in [1.807, 2.05) is 29.7 Å². The van der Waals surface area contributed by atoms with Crippen LogP contribution in [0.2, 0.25) is 0 Å². The van der Waals surface area contributed by atoms with Crippen LogP contribution in [0.15, 0.2) is 29.7 Å². The van der Waals surface area contributed by atoms with Crippen LogP contribution in [0.4, 0.5) is 0 Å². The maximum atomic E-state index is 12.7. The Kier molecular flexibility index (Phi) is 2.74. The lowest BCUT2D eigenvalue weighted by Gasteiger charge is -2.22. The van der Waals surface area contributed by atoms with E-state index in [0.717, 1.165) is 4.88 Å². The van der Waals surface area contributed by atoms with Gasteiger partial charge in [-0.1, -0.05) is 18.2 Å². The Morgan fingerprint density at radius 2 is 2.48 bits per heavy atom. The molecule has 0 saturated carbocycles. The summed E-state index contributed by atoms with van der Waals surface area (Å²) in [5.74, 6) is -1.33. The number of thiophene rings is 1. The lowest BCUT2D eigenvalue weighted by Crippen LogP contribution is -2.39. The molecule has 4 heterocycles. The summed E-state index contributed by atoms with van der Waals surface area (Å²) in [6.07, 6.45) is 3.52. The molecule has 0 radical (unpaired) electrons. The minimum atomic E-state index is -0.641. The third-order valence-corrected chi connectivity index (χ3v) is 5.44. The number of carbonyl (C=O) groups is 2. The van der Waals surface area contributed by atoms with Gasteiger partial charge in [-0.05, 0) is 11.4 Å². The highest BCUT2D eigenvalue weighted by Gasteiger charge is 2.67. The maximum absolute atomic E-state index is 12.7. The summed E-state index contributed by atoms with van der Waals surface area (Å²) in [7, 11) is 1.35. The lowest BCUT2D eigenvalue weighted by atomic mass is 9.77. The SMILES string of the molecule is COC(=O)C1[C@@H]2C=C[C@]3(CN(Cc4cccs4)C(=O)[C@H]13)O2. The Morgan fingerprint density at radius 3 is 3.19 bits per heavy atom. The average molecular weight is 305 g/mol. The molecule has 2 saturated heterocycles. The van der Waals surface area contributed by atoms with Gasteiger partial charge in [-0.15, -0.1) is 11.3 Å². The lowest BCUT2D eigenvalue weighted by molar-refractivity contribution is -0.151. The molecule has 1 aromatic heterocycles. The maximum Gasteiger partial charge on any atom is 0.312 e. The van der Waals surface area contributed by atoms with Gasteiger partial charge >= 0.3 is 5.97 Å². The number of ether oxygens (including phenoxy) is 2. The van der Waals surface area contributed by atoms with Gasteiger partial charge in [0.05, 0.1) is 32.2 Å². The van der Waals surface area contributed by atoms with Gasteiger partial charge in [0.25, 0.3) is 0 Å². The number of hydrogen-bond acceptors (Lipinski definition) is 5. The zero-order valence-electron chi connectivity index (χ0n) is 11.5. The summed E-state index contributed by atoms with van der Waals surface area (Å²) in [4.78, 5) is 27.7. The number of carbonyl (C=O) groups excluding carboxylic acids is 2. The predicted octanol–water partition coefficient (Wildman–Crippen LogP) is 1.20. The summed E-state index contributed by atoms with van der Waals surface area (Å²) >= 11 is 1.62. The smallest absolute Gasteiger partial charge is 0.312 e. The van der Waals surface area contributed by atoms with Crippen molar-refractivity contribution in [3.8, 4) is 0 Å². The molecule has 5 nitrogen and oxygen atoms in total. The Morgan fingerprint density at radius 1 is 1.62 bits per heavy atom. The van der Waals surface area contributed by atoms with Gasteiger partial charge in [-0.25, -0.2) is 0 Å². The van der Waals surface area contributed by atoms with E-state index in [2.05, 4.69) is 0 Å². The van der Waals surface area contributed by atoms with E-state index in [9.17, 15) is 9.59 Å². The van der Waals surface area contributed by atoms with Crippen LogP contribution in [0.5, 0.6) is 0 Å². The minimum absolute atomic E-state index is 0.00866. The first-order valence-corrected chi connectivity index (χ1v) is 7.79. The van der Waals surface area contributed by atoms with E-state index in [1.54, 1.807) is 16.2 Å². The number of rotatable bonds is 3. The molecule has 4 atom stereocenters. The number of methoxy groups -OCH3 is 1. The molecule has 4 rings (SSSR count). The Balaban J connectivity index is 1.64. The van der Waals surface area contributed by atoms with Crippen molar-refractivity contribution in [3.05, 3.63) is 34.5 Å². The quantitative estimate of drug-likeness (QED) is 0.622. The van der Waals surface area contributed by atoms with Crippen LogP contribution >= 0.6 is 11.3 Å². The van der Waals surface area contributed by atoms with Gasteiger partial charge in [0.1, 0.15) is 11.5 Å². The first-order chi connectivity index (χ1) is 10.1. The molecule has 6 heteroatoms. The zero-order chi connectivity index (χ0) is 14.6. The number of amides is 1. The zero-order valence-corrected chi connectivity index (χ0v) is 12.3. The summed E-state index contributed by atoms with van der Waals surface area (Å²) in [5, 5.41) is 1.99. The predicted molar refractivity (Wildman–Crippen MR) is 75.5 cm³/mol. The van der Waals surface area contributed by atoms with Gasteiger partial charge in [0.2, 0.25) is 5.91 Å². The molecule has 3 aliphatic heterocycles. The van der Waals surface area contributed by atoms with Crippen LogP contribution in [0, 0.1) is 11.8 Å². The average Bonchev–Trinajstić information content (AvgIpc) is 3.22. The van der Waals surface area contributed by atoms with Crippen molar-refractivity contribution in [2.75, 3.05) is 13.7 Å². The van der Waals surface area contributed by atoms with Crippen LogP contribution < -0.4 is 0 Å². The van der Waals surface area contributed by atoms with Gasteiger partial charge in [0.15, 0.2) is 0 Å². The Bertz CT molecular complexity index is 626. The molecule has 110 valence electrons. The first-order valence-electron chi connectivity index (χ1n) is 6.91. The van der Waals surface area contributed by atoms with Crippen molar-refractivity contribution < 1.29 is 19.1 Å². The largest absolute Gasteiger partial charge is 0.469 e. The second-order valence-electron chi connectivity index (χ2n) is 5.70. The van der Waals surface area contributed by atoms with Crippen molar-refractivity contribution in [1.29, 1.82) is 0 Å². The Hall–Kier alpha value is -1.66. The van der Waals surface area contributed by atoms with Gasteiger partial charge < -0.3 is 14.4 Å². The Labute approximate surface area is 126 Å². The van der Waals surface area contributed by atoms with Crippen molar-refractivity contribution >= 4 is 23.2 Å². The van der Waals surface area contributed by atoms with E-state index < -0.39 is 17.4 Å². The number of hydrogen-bond donors (Lipinski definition) is 0. The number of esters is 1. The second kappa shape index (κ2) is 4.42. The topological polar surface area (TPSA) is 55.8 Å². The molecule has 0 aliphatic carbocycles. The standard InChI is InChI=1S/C15H15NO4S/c1-19-14(18)11-10-4-5-15(20-10)8-16(13(17)12(11)15)7-9-3-2-6-21-9/h2-6,10-12H,7-8H2,1H3/t10-,11?,12-,15+/m0/s1. The molecular weight excluding hydrogens is 290 g/mol. The highest BCUT2D eigenvalue weighted by molar-refractivity contribution is 7.09. The molecule has 1 spiro atoms. The summed E-state index contributed by atoms with van der Waals surface area (Å²) in [6.45, 7) is 1.08. The summed E-state index contributed by atoms with van der Waals surface area (Å²) in [5.41, 5.74) is -0.641.